The third-order valence-electron chi connectivity index (χ3n) is 6.49. The number of aromatic nitrogens is 4. The maximum Gasteiger partial charge on any atom is 0.355 e. The number of Topliss-reactive ketones (excluding diaryl/α,β-unsaturated/α-hetero) is 1. The lowest BCUT2D eigenvalue weighted by Crippen LogP contribution is -2.64. The average Bonchev–Trinajstić information content (AvgIpc) is 3.36. The molecular weight excluding hydrogens is 464 g/mol. The Morgan fingerprint density at radius 3 is 2.83 bits per heavy atom. The van der Waals surface area contributed by atoms with Gasteiger partial charge in [-0.05, 0) is 31.0 Å². The van der Waals surface area contributed by atoms with Gasteiger partial charge in [-0.25, -0.2) is 9.78 Å². The fraction of sp³-hybridized carbons (Fsp3) is 0.480. The van der Waals surface area contributed by atoms with Crippen LogP contribution in [0.15, 0.2) is 35.0 Å². The molecule has 3 aromatic rings. The molecule has 36 heavy (non-hydrogen) atoms. The highest BCUT2D eigenvalue weighted by atomic mass is 16.7. The summed E-state index contributed by atoms with van der Waals surface area (Å²) >= 11 is 0. The van der Waals surface area contributed by atoms with E-state index >= 15 is 0 Å². The second-order valence-corrected chi connectivity index (χ2v) is 9.32. The Morgan fingerprint density at radius 1 is 1.22 bits per heavy atom. The molecule has 0 radical (unpaired) electrons. The Kier molecular flexibility index (Phi) is 7.99. The molecule has 0 spiro atoms. The van der Waals surface area contributed by atoms with Gasteiger partial charge in [-0.3, -0.25) is 19.4 Å². The Hall–Kier alpha value is -3.73. The number of unbranched alkanes of at least 4 members (excludes halogenated alkanes) is 2. The number of ketones is 1. The maximum absolute atomic E-state index is 12.9. The number of pyridine rings is 2. The molecular formula is C25H31N6O5+. The van der Waals surface area contributed by atoms with Crippen LogP contribution >= 0.6 is 0 Å². The first-order chi connectivity index (χ1) is 17.4. The number of carbonyl (C=O) groups is 3. The third-order valence-corrected chi connectivity index (χ3v) is 6.49. The number of hydroxylamine groups is 3. The van der Waals surface area contributed by atoms with E-state index in [1.165, 1.54) is 0 Å². The molecule has 1 aliphatic rings. The normalized spacial score (nSPS) is 19.9. The Balaban J connectivity index is 1.44. The molecule has 1 aliphatic heterocycles. The summed E-state index contributed by atoms with van der Waals surface area (Å²) in [7, 11) is 1.75. The van der Waals surface area contributed by atoms with Crippen molar-refractivity contribution >= 4 is 29.1 Å². The molecule has 190 valence electrons. The summed E-state index contributed by atoms with van der Waals surface area (Å²) in [6.07, 6.45) is 7.55. The number of nitrogens with zero attached hydrogens (tertiary/aromatic N) is 5. The van der Waals surface area contributed by atoms with E-state index in [9.17, 15) is 14.4 Å². The van der Waals surface area contributed by atoms with E-state index < -0.39 is 6.04 Å². The second-order valence-electron chi connectivity index (χ2n) is 9.32. The molecule has 3 aromatic heterocycles. The molecule has 1 fully saturated rings. The monoisotopic (exact) mass is 495 g/mol. The van der Waals surface area contributed by atoms with Gasteiger partial charge in [0, 0.05) is 30.6 Å². The van der Waals surface area contributed by atoms with E-state index in [1.807, 2.05) is 19.1 Å². The minimum Gasteiger partial charge on any atom is -0.417 e. The summed E-state index contributed by atoms with van der Waals surface area (Å²) < 4.78 is 6.04. The SMILES string of the molecule is CCC(=O)CCCCC[C@H](NC(=O)C1C[N+](C)(OC=O)C1)c1nnc(-c2ccc3cnccc3n2)o1. The van der Waals surface area contributed by atoms with E-state index in [2.05, 4.69) is 25.5 Å². The molecule has 0 unspecified atom stereocenters. The molecule has 1 N–H and O–H groups in total. The minimum absolute atomic E-state index is 0.0750. The van der Waals surface area contributed by atoms with E-state index in [0.717, 1.165) is 30.2 Å². The van der Waals surface area contributed by atoms with Gasteiger partial charge in [0.25, 0.3) is 5.89 Å². The van der Waals surface area contributed by atoms with Crippen LogP contribution in [0, 0.1) is 5.92 Å². The van der Waals surface area contributed by atoms with Crippen molar-refractivity contribution in [2.24, 2.45) is 5.92 Å². The maximum atomic E-state index is 12.9. The van der Waals surface area contributed by atoms with Crippen molar-refractivity contribution in [2.45, 2.75) is 51.5 Å². The highest BCUT2D eigenvalue weighted by Crippen LogP contribution is 2.28. The number of nitrogens with one attached hydrogen (secondary N) is 1. The topological polar surface area (TPSA) is 137 Å². The number of hydrogen-bond acceptors (Lipinski definition) is 9. The molecule has 11 nitrogen and oxygen atoms in total. The zero-order valence-corrected chi connectivity index (χ0v) is 20.6. The lowest BCUT2D eigenvalue weighted by atomic mass is 9.98. The molecule has 11 heteroatoms. The number of amides is 1. The van der Waals surface area contributed by atoms with Crippen LogP contribution < -0.4 is 5.32 Å². The molecule has 1 amide bonds. The van der Waals surface area contributed by atoms with Crippen LogP contribution in [0.2, 0.25) is 0 Å². The number of likely N-dealkylation sites (tertiary alicyclic amines) is 1. The van der Waals surface area contributed by atoms with Gasteiger partial charge < -0.3 is 9.73 Å². The summed E-state index contributed by atoms with van der Waals surface area (Å²) in [5.41, 5.74) is 1.30. The van der Waals surface area contributed by atoms with E-state index in [4.69, 9.17) is 9.25 Å². The van der Waals surface area contributed by atoms with Gasteiger partial charge in [-0.15, -0.1) is 14.8 Å². The van der Waals surface area contributed by atoms with Crippen LogP contribution in [-0.4, -0.2) is 63.1 Å². The predicted molar refractivity (Wildman–Crippen MR) is 129 cm³/mol. The van der Waals surface area contributed by atoms with Crippen molar-refractivity contribution < 1.29 is 28.3 Å². The van der Waals surface area contributed by atoms with Gasteiger partial charge in [0.15, 0.2) is 0 Å². The first-order valence-electron chi connectivity index (χ1n) is 12.2. The van der Waals surface area contributed by atoms with Crippen molar-refractivity contribution in [1.29, 1.82) is 0 Å². The smallest absolute Gasteiger partial charge is 0.355 e. The fourth-order valence-electron chi connectivity index (χ4n) is 4.37. The van der Waals surface area contributed by atoms with Gasteiger partial charge >= 0.3 is 6.47 Å². The van der Waals surface area contributed by atoms with Crippen LogP contribution in [-0.2, 0) is 19.2 Å². The Bertz CT molecular complexity index is 1220. The fourth-order valence-corrected chi connectivity index (χ4v) is 4.37. The van der Waals surface area contributed by atoms with Gasteiger partial charge in [-0.1, -0.05) is 19.8 Å². The molecule has 0 bridgehead atoms. The predicted octanol–water partition coefficient (Wildman–Crippen LogP) is 2.93. The molecule has 0 saturated carbocycles. The molecule has 1 atom stereocenters. The lowest BCUT2D eigenvalue weighted by molar-refractivity contribution is -1.11. The van der Waals surface area contributed by atoms with Crippen molar-refractivity contribution in [3.8, 4) is 11.6 Å². The summed E-state index contributed by atoms with van der Waals surface area (Å²) in [5, 5.41) is 12.3. The summed E-state index contributed by atoms with van der Waals surface area (Å²) in [4.78, 5) is 48.9. The van der Waals surface area contributed by atoms with Crippen LogP contribution in [0.4, 0.5) is 0 Å². The van der Waals surface area contributed by atoms with Crippen molar-refractivity contribution in [3.05, 3.63) is 36.5 Å². The van der Waals surface area contributed by atoms with Gasteiger partial charge in [0.2, 0.25) is 11.8 Å². The minimum atomic E-state index is -0.475. The summed E-state index contributed by atoms with van der Waals surface area (Å²) in [5.74, 6) is 0.396. The average molecular weight is 496 g/mol. The quantitative estimate of drug-likeness (QED) is 0.215. The largest absolute Gasteiger partial charge is 0.417 e. The number of rotatable bonds is 13. The first-order valence-corrected chi connectivity index (χ1v) is 12.2. The Morgan fingerprint density at radius 2 is 2.06 bits per heavy atom. The van der Waals surface area contributed by atoms with E-state index in [-0.39, 0.29) is 28.1 Å². The number of fused-ring (bicyclic) bond motifs is 1. The van der Waals surface area contributed by atoms with Gasteiger partial charge in [-0.2, -0.15) is 0 Å². The van der Waals surface area contributed by atoms with E-state index in [0.29, 0.717) is 50.4 Å². The standard InChI is InChI=1S/C25H30N6O5/c1-3-19(33)7-5-4-6-8-21(28-23(34)18-14-31(2,15-18)35-16-32)24-29-30-25(36-24)22-10-9-17-13-26-12-11-20(17)27-22/h9-13,16,18,21H,3-8,14-15H2,1-2H3/p+1/t18?,21-,31?/m0/s1. The molecule has 0 aliphatic carbocycles. The molecule has 4 rings (SSSR count). The van der Waals surface area contributed by atoms with Crippen LogP contribution in [0.5, 0.6) is 0 Å². The Labute approximate surface area is 208 Å². The highest BCUT2D eigenvalue weighted by Gasteiger charge is 2.48. The number of quaternary nitrogens is 1. The van der Waals surface area contributed by atoms with E-state index in [1.54, 1.807) is 25.5 Å². The zero-order valence-electron chi connectivity index (χ0n) is 20.6. The van der Waals surface area contributed by atoms with Crippen LogP contribution in [0.25, 0.3) is 22.5 Å². The molecule has 1 saturated heterocycles. The van der Waals surface area contributed by atoms with Crippen molar-refractivity contribution in [3.63, 3.8) is 0 Å². The summed E-state index contributed by atoms with van der Waals surface area (Å²) in [6.45, 7) is 3.08. The van der Waals surface area contributed by atoms with Crippen molar-refractivity contribution in [2.75, 3.05) is 20.1 Å². The molecule has 0 aromatic carbocycles. The lowest BCUT2D eigenvalue weighted by Gasteiger charge is -2.41. The summed E-state index contributed by atoms with van der Waals surface area (Å²) in [6, 6.07) is 5.01. The number of hydrogen-bond donors (Lipinski definition) is 1. The molecule has 4 heterocycles. The van der Waals surface area contributed by atoms with Crippen molar-refractivity contribution in [1.82, 2.24) is 25.5 Å². The van der Waals surface area contributed by atoms with Crippen LogP contribution in [0.1, 0.15) is 57.4 Å². The second kappa shape index (κ2) is 11.3. The van der Waals surface area contributed by atoms with Crippen LogP contribution in [0.3, 0.4) is 0 Å². The zero-order chi connectivity index (χ0) is 25.5. The highest BCUT2D eigenvalue weighted by molar-refractivity contribution is 5.80. The third kappa shape index (κ3) is 6.09. The first kappa shape index (κ1) is 25.4. The number of carbonyl (C=O) groups excluding carboxylic acids is 3. The van der Waals surface area contributed by atoms with Gasteiger partial charge in [0.1, 0.15) is 43.6 Å². The van der Waals surface area contributed by atoms with Gasteiger partial charge in [0.05, 0.1) is 5.52 Å².